The van der Waals surface area contributed by atoms with E-state index >= 15 is 0 Å². The lowest BCUT2D eigenvalue weighted by atomic mass is 9.63. The lowest BCUT2D eigenvalue weighted by Gasteiger charge is -2.41. The summed E-state index contributed by atoms with van der Waals surface area (Å²) < 4.78 is 0. The lowest BCUT2D eigenvalue weighted by Crippen LogP contribution is -2.33. The molecule has 2 heteroatoms. The summed E-state index contributed by atoms with van der Waals surface area (Å²) in [4.78, 5) is 9.91. The number of rotatable bonds is 1. The molecule has 2 nitrogen and oxygen atoms in total. The zero-order chi connectivity index (χ0) is 17.8. The minimum absolute atomic E-state index is 0.193. The van der Waals surface area contributed by atoms with Crippen molar-refractivity contribution in [3.63, 3.8) is 0 Å². The van der Waals surface area contributed by atoms with Crippen LogP contribution < -0.4 is 0 Å². The molecule has 1 heterocycles. The molecule has 0 spiro atoms. The Morgan fingerprint density at radius 3 is 1.84 bits per heavy atom. The molecule has 0 saturated heterocycles. The largest absolute Gasteiger partial charge is 0.249 e. The van der Waals surface area contributed by atoms with E-state index in [1.54, 1.807) is 0 Å². The predicted molar refractivity (Wildman–Crippen MR) is 105 cm³/mol. The minimum Gasteiger partial charge on any atom is -0.249 e. The molecule has 0 radical (unpaired) electrons. The fourth-order valence-corrected chi connectivity index (χ4v) is 4.07. The molecule has 0 aliphatic heterocycles. The predicted octanol–water partition coefficient (Wildman–Crippen LogP) is 5.95. The topological polar surface area (TPSA) is 25.8 Å². The molecule has 1 aliphatic carbocycles. The monoisotopic (exact) mass is 330 g/mol. The molecule has 1 aliphatic rings. The summed E-state index contributed by atoms with van der Waals surface area (Å²) in [6, 6.07) is 14.9. The summed E-state index contributed by atoms with van der Waals surface area (Å²) in [6.45, 7) is 11.5. The van der Waals surface area contributed by atoms with Gasteiger partial charge in [-0.15, -0.1) is 0 Å². The summed E-state index contributed by atoms with van der Waals surface area (Å²) in [5.74, 6) is 0. The molecular formula is C23H26N2. The molecule has 3 aromatic rings. The van der Waals surface area contributed by atoms with Gasteiger partial charge in [0.1, 0.15) is 0 Å². The van der Waals surface area contributed by atoms with Crippen LogP contribution in [0.15, 0.2) is 42.5 Å². The van der Waals surface area contributed by atoms with Crippen molar-refractivity contribution in [1.82, 2.24) is 9.97 Å². The smallest absolute Gasteiger partial charge is 0.0922 e. The Labute approximate surface area is 150 Å². The highest BCUT2D eigenvalue weighted by atomic mass is 14.8. The second kappa shape index (κ2) is 5.39. The molecule has 0 N–H and O–H groups in total. The Morgan fingerprint density at radius 2 is 1.28 bits per heavy atom. The molecule has 128 valence electrons. The lowest BCUT2D eigenvalue weighted by molar-refractivity contribution is 0.332. The van der Waals surface area contributed by atoms with Crippen LogP contribution in [-0.4, -0.2) is 9.97 Å². The summed E-state index contributed by atoms with van der Waals surface area (Å²) in [7, 11) is 0. The van der Waals surface area contributed by atoms with Crippen LogP contribution >= 0.6 is 0 Å². The number of benzene rings is 2. The van der Waals surface area contributed by atoms with Crippen molar-refractivity contribution in [1.29, 1.82) is 0 Å². The fraction of sp³-hybridized carbons (Fsp3) is 0.391. The van der Waals surface area contributed by atoms with Gasteiger partial charge in [0.2, 0.25) is 0 Å². The van der Waals surface area contributed by atoms with Crippen LogP contribution in [0.1, 0.15) is 57.4 Å². The number of aryl methyl sites for hydroxylation is 1. The van der Waals surface area contributed by atoms with Gasteiger partial charge in [-0.3, -0.25) is 0 Å². The maximum Gasteiger partial charge on any atom is 0.0922 e. The minimum atomic E-state index is 0.193. The second-order valence-corrected chi connectivity index (χ2v) is 8.68. The summed E-state index contributed by atoms with van der Waals surface area (Å²) in [5, 5.41) is 0. The number of nitrogens with zero attached hydrogens (tertiary/aromatic N) is 2. The highest BCUT2D eigenvalue weighted by molar-refractivity contribution is 5.81. The highest BCUT2D eigenvalue weighted by Gasteiger charge is 2.37. The summed E-state index contributed by atoms with van der Waals surface area (Å²) >= 11 is 0. The van der Waals surface area contributed by atoms with E-state index in [9.17, 15) is 0 Å². The first-order chi connectivity index (χ1) is 11.8. The van der Waals surface area contributed by atoms with Gasteiger partial charge in [-0.05, 0) is 53.9 Å². The molecule has 0 amide bonds. The van der Waals surface area contributed by atoms with E-state index in [2.05, 4.69) is 71.0 Å². The SMILES string of the molecule is Cc1nc2cc3c(cc2nc1-c1ccccc1)C(C)(C)CCC3(C)C. The first kappa shape index (κ1) is 16.3. The average Bonchev–Trinajstić information content (AvgIpc) is 2.58. The van der Waals surface area contributed by atoms with E-state index in [1.807, 2.05) is 6.07 Å². The van der Waals surface area contributed by atoms with Gasteiger partial charge in [-0.1, -0.05) is 58.0 Å². The first-order valence-corrected chi connectivity index (χ1v) is 9.17. The van der Waals surface area contributed by atoms with Crippen LogP contribution in [-0.2, 0) is 10.8 Å². The van der Waals surface area contributed by atoms with E-state index in [0.717, 1.165) is 28.0 Å². The van der Waals surface area contributed by atoms with E-state index < -0.39 is 0 Å². The van der Waals surface area contributed by atoms with E-state index in [0.29, 0.717) is 0 Å². The van der Waals surface area contributed by atoms with Gasteiger partial charge >= 0.3 is 0 Å². The van der Waals surface area contributed by atoms with Crippen LogP contribution in [0.3, 0.4) is 0 Å². The molecule has 2 aromatic carbocycles. The Hall–Kier alpha value is -2.22. The third-order valence-corrected chi connectivity index (χ3v) is 5.86. The molecule has 25 heavy (non-hydrogen) atoms. The van der Waals surface area contributed by atoms with E-state index in [-0.39, 0.29) is 10.8 Å². The Morgan fingerprint density at radius 1 is 0.760 bits per heavy atom. The molecule has 0 atom stereocenters. The maximum atomic E-state index is 5.00. The van der Waals surface area contributed by atoms with E-state index in [1.165, 1.54) is 24.0 Å². The van der Waals surface area contributed by atoms with Crippen LogP contribution in [0.2, 0.25) is 0 Å². The normalized spacial score (nSPS) is 18.1. The van der Waals surface area contributed by atoms with E-state index in [4.69, 9.17) is 9.97 Å². The Bertz CT molecular complexity index is 953. The molecule has 0 bridgehead atoms. The summed E-state index contributed by atoms with van der Waals surface area (Å²) in [6.07, 6.45) is 2.43. The van der Waals surface area contributed by atoms with Gasteiger partial charge in [0.05, 0.1) is 22.4 Å². The van der Waals surface area contributed by atoms with Crippen molar-refractivity contribution in [2.45, 2.75) is 58.3 Å². The van der Waals surface area contributed by atoms with Gasteiger partial charge in [0.15, 0.2) is 0 Å². The van der Waals surface area contributed by atoms with Crippen molar-refractivity contribution in [2.75, 3.05) is 0 Å². The molecule has 0 saturated carbocycles. The molecule has 0 fully saturated rings. The zero-order valence-electron chi connectivity index (χ0n) is 15.9. The van der Waals surface area contributed by atoms with Crippen molar-refractivity contribution in [2.24, 2.45) is 0 Å². The highest BCUT2D eigenvalue weighted by Crippen LogP contribution is 2.46. The average molecular weight is 330 g/mol. The van der Waals surface area contributed by atoms with Gasteiger partial charge in [-0.2, -0.15) is 0 Å². The van der Waals surface area contributed by atoms with Crippen LogP contribution in [0.4, 0.5) is 0 Å². The molecule has 4 rings (SSSR count). The molecular weight excluding hydrogens is 304 g/mol. The van der Waals surface area contributed by atoms with Gasteiger partial charge in [0, 0.05) is 5.56 Å². The quantitative estimate of drug-likeness (QED) is 0.550. The molecule has 0 unspecified atom stereocenters. The summed E-state index contributed by atoms with van der Waals surface area (Å²) in [5.41, 5.74) is 8.41. The van der Waals surface area contributed by atoms with Crippen LogP contribution in [0, 0.1) is 6.92 Å². The molecule has 1 aromatic heterocycles. The number of hydrogen-bond acceptors (Lipinski definition) is 2. The number of aromatic nitrogens is 2. The van der Waals surface area contributed by atoms with Crippen molar-refractivity contribution in [3.8, 4) is 11.3 Å². The standard InChI is InChI=1S/C23H26N2/c1-15-21(16-9-7-6-8-10-16)25-20-14-18-17(13-19(20)24-15)22(2,3)11-12-23(18,4)5/h6-10,13-14H,11-12H2,1-5H3. The third-order valence-electron chi connectivity index (χ3n) is 5.86. The van der Waals surface area contributed by atoms with Crippen LogP contribution in [0.5, 0.6) is 0 Å². The fourth-order valence-electron chi connectivity index (χ4n) is 4.07. The van der Waals surface area contributed by atoms with Gasteiger partial charge in [-0.25, -0.2) is 9.97 Å². The maximum absolute atomic E-state index is 5.00. The van der Waals surface area contributed by atoms with Gasteiger partial charge in [0.25, 0.3) is 0 Å². The van der Waals surface area contributed by atoms with Crippen molar-refractivity contribution >= 4 is 11.0 Å². The Balaban J connectivity index is 1.98. The third kappa shape index (κ3) is 2.64. The first-order valence-electron chi connectivity index (χ1n) is 9.17. The van der Waals surface area contributed by atoms with Gasteiger partial charge < -0.3 is 0 Å². The second-order valence-electron chi connectivity index (χ2n) is 8.68. The van der Waals surface area contributed by atoms with Crippen molar-refractivity contribution in [3.05, 3.63) is 59.3 Å². The number of hydrogen-bond donors (Lipinski definition) is 0. The Kier molecular flexibility index (Phi) is 3.50. The van der Waals surface area contributed by atoms with Crippen LogP contribution in [0.25, 0.3) is 22.3 Å². The zero-order valence-corrected chi connectivity index (χ0v) is 15.9. The van der Waals surface area contributed by atoms with Crippen molar-refractivity contribution < 1.29 is 0 Å². The number of fused-ring (bicyclic) bond motifs is 2.